The molecule has 1 fully saturated rings. The Kier molecular flexibility index (Phi) is 6.05. The minimum Gasteiger partial charge on any atom is -0.379 e. The molecule has 1 aliphatic rings. The Hall–Kier alpha value is -0.260. The van der Waals surface area contributed by atoms with Crippen molar-refractivity contribution in [2.75, 3.05) is 39.4 Å². The Morgan fingerprint density at radius 1 is 1.33 bits per heavy atom. The van der Waals surface area contributed by atoms with Crippen molar-refractivity contribution in [3.8, 4) is 0 Å². The SMILES string of the molecule is CC(NCCCN1CCOCC1)C(F)F. The summed E-state index contributed by atoms with van der Waals surface area (Å²) in [6, 6.07) is -0.699. The van der Waals surface area contributed by atoms with Crippen LogP contribution in [-0.2, 0) is 4.74 Å². The average Bonchev–Trinajstić information content (AvgIpc) is 2.25. The van der Waals surface area contributed by atoms with Crippen LogP contribution >= 0.6 is 0 Å². The van der Waals surface area contributed by atoms with Crippen LogP contribution in [0, 0.1) is 0 Å². The molecule has 0 saturated carbocycles. The van der Waals surface area contributed by atoms with E-state index in [4.69, 9.17) is 4.74 Å². The molecule has 0 spiro atoms. The second kappa shape index (κ2) is 7.09. The average molecular weight is 222 g/mol. The van der Waals surface area contributed by atoms with Gasteiger partial charge in [-0.1, -0.05) is 0 Å². The van der Waals surface area contributed by atoms with Gasteiger partial charge in [-0.3, -0.25) is 4.90 Å². The minimum absolute atomic E-state index is 0.656. The molecular weight excluding hydrogens is 202 g/mol. The number of halogens is 2. The number of rotatable bonds is 6. The summed E-state index contributed by atoms with van der Waals surface area (Å²) in [4.78, 5) is 2.30. The number of nitrogens with one attached hydrogen (secondary N) is 1. The molecule has 1 heterocycles. The van der Waals surface area contributed by atoms with Gasteiger partial charge in [-0.25, -0.2) is 8.78 Å². The number of alkyl halides is 2. The predicted octanol–water partition coefficient (Wildman–Crippen LogP) is 0.952. The van der Waals surface area contributed by atoms with Crippen LogP contribution < -0.4 is 5.32 Å². The zero-order valence-electron chi connectivity index (χ0n) is 9.22. The summed E-state index contributed by atoms with van der Waals surface area (Å²) in [5.74, 6) is 0. The van der Waals surface area contributed by atoms with Crippen molar-refractivity contribution in [2.24, 2.45) is 0 Å². The highest BCUT2D eigenvalue weighted by Gasteiger charge is 2.13. The summed E-state index contributed by atoms with van der Waals surface area (Å²) in [6.45, 7) is 6.64. The molecule has 0 aliphatic carbocycles. The van der Waals surface area contributed by atoms with Crippen LogP contribution in [0.1, 0.15) is 13.3 Å². The topological polar surface area (TPSA) is 24.5 Å². The molecule has 0 aromatic rings. The molecule has 0 aromatic carbocycles. The van der Waals surface area contributed by atoms with Gasteiger partial charge in [-0.15, -0.1) is 0 Å². The molecule has 5 heteroatoms. The van der Waals surface area contributed by atoms with Crippen molar-refractivity contribution in [3.05, 3.63) is 0 Å². The van der Waals surface area contributed by atoms with Crippen LogP contribution in [0.4, 0.5) is 8.78 Å². The molecule has 1 N–H and O–H groups in total. The van der Waals surface area contributed by atoms with E-state index in [0.29, 0.717) is 6.54 Å². The first kappa shape index (κ1) is 12.8. The first-order valence-corrected chi connectivity index (χ1v) is 5.52. The third-order valence-electron chi connectivity index (χ3n) is 2.60. The maximum absolute atomic E-state index is 12.1. The van der Waals surface area contributed by atoms with Crippen LogP contribution in [0.5, 0.6) is 0 Å². The summed E-state index contributed by atoms with van der Waals surface area (Å²) in [6.07, 6.45) is -1.36. The van der Waals surface area contributed by atoms with E-state index in [0.717, 1.165) is 39.3 Å². The van der Waals surface area contributed by atoms with E-state index in [1.54, 1.807) is 0 Å². The Balaban J connectivity index is 1.96. The number of hydrogen-bond donors (Lipinski definition) is 1. The van der Waals surface area contributed by atoms with Gasteiger partial charge in [0.25, 0.3) is 6.43 Å². The van der Waals surface area contributed by atoms with Crippen LogP contribution in [0.2, 0.25) is 0 Å². The van der Waals surface area contributed by atoms with Crippen molar-refractivity contribution in [3.63, 3.8) is 0 Å². The number of morpholine rings is 1. The summed E-state index contributed by atoms with van der Waals surface area (Å²) in [5.41, 5.74) is 0. The van der Waals surface area contributed by atoms with Gasteiger partial charge in [0, 0.05) is 13.1 Å². The van der Waals surface area contributed by atoms with Gasteiger partial charge in [0.1, 0.15) is 0 Å². The van der Waals surface area contributed by atoms with E-state index in [9.17, 15) is 8.78 Å². The first-order chi connectivity index (χ1) is 7.20. The zero-order chi connectivity index (χ0) is 11.1. The van der Waals surface area contributed by atoms with E-state index in [1.807, 2.05) is 0 Å². The van der Waals surface area contributed by atoms with Crippen molar-refractivity contribution < 1.29 is 13.5 Å². The molecule has 1 aliphatic heterocycles. The third-order valence-corrected chi connectivity index (χ3v) is 2.60. The molecule has 0 radical (unpaired) electrons. The Morgan fingerprint density at radius 3 is 2.60 bits per heavy atom. The van der Waals surface area contributed by atoms with Crippen LogP contribution in [-0.4, -0.2) is 56.8 Å². The van der Waals surface area contributed by atoms with Gasteiger partial charge < -0.3 is 10.1 Å². The first-order valence-electron chi connectivity index (χ1n) is 5.52. The van der Waals surface area contributed by atoms with E-state index in [-0.39, 0.29) is 0 Å². The largest absolute Gasteiger partial charge is 0.379 e. The third kappa shape index (κ3) is 5.39. The van der Waals surface area contributed by atoms with Gasteiger partial charge in [0.05, 0.1) is 19.3 Å². The molecule has 15 heavy (non-hydrogen) atoms. The maximum atomic E-state index is 12.1. The monoisotopic (exact) mass is 222 g/mol. The lowest BCUT2D eigenvalue weighted by Crippen LogP contribution is -2.39. The second-order valence-corrected chi connectivity index (χ2v) is 3.88. The van der Waals surface area contributed by atoms with Gasteiger partial charge >= 0.3 is 0 Å². The molecule has 3 nitrogen and oxygen atoms in total. The molecule has 1 atom stereocenters. The molecule has 0 bridgehead atoms. The molecule has 1 unspecified atom stereocenters. The standard InChI is InChI=1S/C10H20F2N2O/c1-9(10(11)12)13-3-2-4-14-5-7-15-8-6-14/h9-10,13H,2-8H2,1H3. The lowest BCUT2D eigenvalue weighted by molar-refractivity contribution is 0.0370. The Morgan fingerprint density at radius 2 is 2.00 bits per heavy atom. The van der Waals surface area contributed by atoms with Gasteiger partial charge in [0.15, 0.2) is 0 Å². The zero-order valence-corrected chi connectivity index (χ0v) is 9.22. The number of ether oxygens (including phenoxy) is 1. The fourth-order valence-electron chi connectivity index (χ4n) is 1.55. The van der Waals surface area contributed by atoms with Crippen LogP contribution in [0.3, 0.4) is 0 Å². The van der Waals surface area contributed by atoms with Crippen LogP contribution in [0.15, 0.2) is 0 Å². The second-order valence-electron chi connectivity index (χ2n) is 3.88. The highest BCUT2D eigenvalue weighted by atomic mass is 19.3. The van der Waals surface area contributed by atoms with Gasteiger partial charge in [0.2, 0.25) is 0 Å². The molecule has 90 valence electrons. The Bertz CT molecular complexity index is 164. The summed E-state index contributed by atoms with van der Waals surface area (Å²) >= 11 is 0. The predicted molar refractivity (Wildman–Crippen MR) is 55.3 cm³/mol. The van der Waals surface area contributed by atoms with E-state index < -0.39 is 12.5 Å². The summed E-state index contributed by atoms with van der Waals surface area (Å²) in [7, 11) is 0. The molecular formula is C10H20F2N2O. The smallest absolute Gasteiger partial charge is 0.253 e. The maximum Gasteiger partial charge on any atom is 0.253 e. The fourth-order valence-corrected chi connectivity index (χ4v) is 1.55. The molecule has 0 amide bonds. The van der Waals surface area contributed by atoms with E-state index in [1.165, 1.54) is 6.92 Å². The van der Waals surface area contributed by atoms with Gasteiger partial charge in [-0.05, 0) is 26.4 Å². The number of hydrogen-bond acceptors (Lipinski definition) is 3. The van der Waals surface area contributed by atoms with E-state index in [2.05, 4.69) is 10.2 Å². The van der Waals surface area contributed by atoms with Crippen molar-refractivity contribution in [1.82, 2.24) is 10.2 Å². The minimum atomic E-state index is -2.27. The van der Waals surface area contributed by atoms with Crippen LogP contribution in [0.25, 0.3) is 0 Å². The van der Waals surface area contributed by atoms with E-state index >= 15 is 0 Å². The number of nitrogens with zero attached hydrogens (tertiary/aromatic N) is 1. The lowest BCUT2D eigenvalue weighted by atomic mass is 10.3. The Labute approximate surface area is 89.8 Å². The van der Waals surface area contributed by atoms with Crippen molar-refractivity contribution in [2.45, 2.75) is 25.8 Å². The lowest BCUT2D eigenvalue weighted by Gasteiger charge is -2.26. The molecule has 1 rings (SSSR count). The highest BCUT2D eigenvalue weighted by molar-refractivity contribution is 4.65. The fraction of sp³-hybridized carbons (Fsp3) is 1.00. The van der Waals surface area contributed by atoms with Crippen molar-refractivity contribution >= 4 is 0 Å². The highest BCUT2D eigenvalue weighted by Crippen LogP contribution is 2.00. The molecule has 0 aromatic heterocycles. The summed E-state index contributed by atoms with van der Waals surface area (Å²) in [5, 5.41) is 2.81. The quantitative estimate of drug-likeness (QED) is 0.677. The van der Waals surface area contributed by atoms with Gasteiger partial charge in [-0.2, -0.15) is 0 Å². The molecule has 1 saturated heterocycles. The summed E-state index contributed by atoms with van der Waals surface area (Å²) < 4.78 is 29.5. The van der Waals surface area contributed by atoms with Crippen molar-refractivity contribution in [1.29, 1.82) is 0 Å². The normalized spacial score (nSPS) is 20.8.